The van der Waals surface area contributed by atoms with Crippen molar-refractivity contribution in [2.45, 2.75) is 26.3 Å². The highest BCUT2D eigenvalue weighted by Gasteiger charge is 2.29. The summed E-state index contributed by atoms with van der Waals surface area (Å²) in [6.07, 6.45) is 0.375. The molecule has 1 heterocycles. The molecule has 1 fully saturated rings. The average molecular weight is 195 g/mol. The van der Waals surface area contributed by atoms with E-state index in [0.29, 0.717) is 12.3 Å². The van der Waals surface area contributed by atoms with Crippen molar-refractivity contribution in [1.29, 1.82) is 5.26 Å². The quantitative estimate of drug-likeness (QED) is 0.679. The van der Waals surface area contributed by atoms with Crippen molar-refractivity contribution in [3.8, 4) is 6.07 Å². The molecule has 1 unspecified atom stereocenters. The molecule has 14 heavy (non-hydrogen) atoms. The minimum absolute atomic E-state index is 0.0414. The zero-order chi connectivity index (χ0) is 10.6. The molecule has 1 aliphatic heterocycles. The maximum absolute atomic E-state index is 11.7. The Morgan fingerprint density at radius 1 is 1.71 bits per heavy atom. The van der Waals surface area contributed by atoms with Crippen LogP contribution in [0.2, 0.25) is 0 Å². The lowest BCUT2D eigenvalue weighted by atomic mass is 9.97. The Morgan fingerprint density at radius 2 is 2.43 bits per heavy atom. The van der Waals surface area contributed by atoms with E-state index in [1.165, 1.54) is 0 Å². The van der Waals surface area contributed by atoms with Crippen molar-refractivity contribution < 1.29 is 4.79 Å². The summed E-state index contributed by atoms with van der Waals surface area (Å²) in [6.45, 7) is 5.59. The number of hydrogen-bond acceptors (Lipinski definition) is 3. The predicted molar refractivity (Wildman–Crippen MR) is 53.4 cm³/mol. The molecule has 4 heteroatoms. The zero-order valence-corrected chi connectivity index (χ0v) is 8.71. The Labute approximate surface area is 84.7 Å². The molecule has 0 aromatic carbocycles. The fourth-order valence-electron chi connectivity index (χ4n) is 1.70. The SMILES string of the molecule is CC(CC#N)NC(=O)[C@@H]1CNC[C@H]1C. The van der Waals surface area contributed by atoms with Gasteiger partial charge in [0, 0.05) is 12.6 Å². The number of nitriles is 1. The molecule has 1 rings (SSSR count). The van der Waals surface area contributed by atoms with E-state index in [0.717, 1.165) is 13.1 Å². The van der Waals surface area contributed by atoms with Gasteiger partial charge in [-0.3, -0.25) is 4.79 Å². The summed E-state index contributed by atoms with van der Waals surface area (Å²) < 4.78 is 0. The minimum Gasteiger partial charge on any atom is -0.352 e. The molecule has 1 saturated heterocycles. The standard InChI is InChI=1S/C10H17N3O/c1-7-5-12-6-9(7)10(14)13-8(2)3-4-11/h7-9,12H,3,5-6H2,1-2H3,(H,13,14)/t7-,8?,9-/m1/s1. The molecular weight excluding hydrogens is 178 g/mol. The second-order valence-corrected chi connectivity index (χ2v) is 4.01. The van der Waals surface area contributed by atoms with Gasteiger partial charge >= 0.3 is 0 Å². The third kappa shape index (κ3) is 2.71. The van der Waals surface area contributed by atoms with Crippen LogP contribution in [0.25, 0.3) is 0 Å². The molecule has 78 valence electrons. The van der Waals surface area contributed by atoms with Crippen molar-refractivity contribution in [3.05, 3.63) is 0 Å². The normalized spacial score (nSPS) is 28.1. The van der Waals surface area contributed by atoms with Crippen LogP contribution in [-0.2, 0) is 4.79 Å². The van der Waals surface area contributed by atoms with Gasteiger partial charge in [-0.25, -0.2) is 0 Å². The van der Waals surface area contributed by atoms with Crippen LogP contribution in [0.15, 0.2) is 0 Å². The first kappa shape index (κ1) is 11.0. The van der Waals surface area contributed by atoms with Gasteiger partial charge < -0.3 is 10.6 Å². The number of carbonyl (C=O) groups excluding carboxylic acids is 1. The molecule has 0 bridgehead atoms. The van der Waals surface area contributed by atoms with Crippen LogP contribution in [0.3, 0.4) is 0 Å². The van der Waals surface area contributed by atoms with Gasteiger partial charge in [-0.05, 0) is 19.4 Å². The van der Waals surface area contributed by atoms with E-state index in [9.17, 15) is 4.79 Å². The van der Waals surface area contributed by atoms with Crippen molar-refractivity contribution in [2.75, 3.05) is 13.1 Å². The van der Waals surface area contributed by atoms with Gasteiger partial charge in [-0.1, -0.05) is 6.92 Å². The highest BCUT2D eigenvalue weighted by Crippen LogP contribution is 2.15. The highest BCUT2D eigenvalue weighted by molar-refractivity contribution is 5.79. The summed E-state index contributed by atoms with van der Waals surface area (Å²) in [5.41, 5.74) is 0. The van der Waals surface area contributed by atoms with E-state index >= 15 is 0 Å². The second-order valence-electron chi connectivity index (χ2n) is 4.01. The smallest absolute Gasteiger partial charge is 0.224 e. The van der Waals surface area contributed by atoms with Gasteiger partial charge in [0.15, 0.2) is 0 Å². The number of nitrogens with one attached hydrogen (secondary N) is 2. The van der Waals surface area contributed by atoms with E-state index in [2.05, 4.69) is 17.6 Å². The van der Waals surface area contributed by atoms with Crippen molar-refractivity contribution in [2.24, 2.45) is 11.8 Å². The highest BCUT2D eigenvalue weighted by atomic mass is 16.2. The summed E-state index contributed by atoms with van der Waals surface area (Å²) in [5, 5.41) is 14.5. The van der Waals surface area contributed by atoms with Crippen molar-refractivity contribution >= 4 is 5.91 Å². The van der Waals surface area contributed by atoms with E-state index in [4.69, 9.17) is 5.26 Å². The van der Waals surface area contributed by atoms with E-state index < -0.39 is 0 Å². The van der Waals surface area contributed by atoms with Gasteiger partial charge in [0.05, 0.1) is 18.4 Å². The largest absolute Gasteiger partial charge is 0.352 e. The molecule has 0 aromatic rings. The van der Waals surface area contributed by atoms with Crippen molar-refractivity contribution in [3.63, 3.8) is 0 Å². The summed E-state index contributed by atoms with van der Waals surface area (Å²) in [6, 6.07) is 2.00. The Kier molecular flexibility index (Phi) is 3.90. The molecule has 0 saturated carbocycles. The molecule has 2 N–H and O–H groups in total. The van der Waals surface area contributed by atoms with Crippen LogP contribution in [-0.4, -0.2) is 25.0 Å². The summed E-state index contributed by atoms with van der Waals surface area (Å²) >= 11 is 0. The lowest BCUT2D eigenvalue weighted by Gasteiger charge is -2.17. The van der Waals surface area contributed by atoms with Crippen LogP contribution < -0.4 is 10.6 Å². The fourth-order valence-corrected chi connectivity index (χ4v) is 1.70. The molecule has 1 amide bonds. The van der Waals surface area contributed by atoms with E-state index in [-0.39, 0.29) is 17.9 Å². The van der Waals surface area contributed by atoms with Crippen LogP contribution in [0.1, 0.15) is 20.3 Å². The Hall–Kier alpha value is -1.08. The molecular formula is C10H17N3O. The molecule has 0 aliphatic carbocycles. The Bertz CT molecular complexity index is 246. The van der Waals surface area contributed by atoms with Crippen molar-refractivity contribution in [1.82, 2.24) is 10.6 Å². The number of hydrogen-bond donors (Lipinski definition) is 2. The molecule has 1 aliphatic rings. The van der Waals surface area contributed by atoms with Crippen LogP contribution in [0.5, 0.6) is 0 Å². The molecule has 4 nitrogen and oxygen atoms in total. The van der Waals surface area contributed by atoms with E-state index in [1.807, 2.05) is 13.0 Å². The third-order valence-corrected chi connectivity index (χ3v) is 2.64. The number of carbonyl (C=O) groups is 1. The monoisotopic (exact) mass is 195 g/mol. The Morgan fingerprint density at radius 3 is 2.93 bits per heavy atom. The van der Waals surface area contributed by atoms with Crippen LogP contribution >= 0.6 is 0 Å². The minimum atomic E-state index is -0.0414. The van der Waals surface area contributed by atoms with Crippen LogP contribution in [0.4, 0.5) is 0 Å². The van der Waals surface area contributed by atoms with Gasteiger partial charge in [-0.15, -0.1) is 0 Å². The van der Waals surface area contributed by atoms with Gasteiger partial charge in [0.2, 0.25) is 5.91 Å². The second kappa shape index (κ2) is 4.97. The molecule has 0 aromatic heterocycles. The van der Waals surface area contributed by atoms with Gasteiger partial charge in [0.25, 0.3) is 0 Å². The number of nitrogens with zero attached hydrogens (tertiary/aromatic N) is 1. The first-order valence-electron chi connectivity index (χ1n) is 5.03. The first-order chi connectivity index (χ1) is 6.65. The van der Waals surface area contributed by atoms with Gasteiger partial charge in [-0.2, -0.15) is 5.26 Å². The third-order valence-electron chi connectivity index (χ3n) is 2.64. The van der Waals surface area contributed by atoms with Gasteiger partial charge in [0.1, 0.15) is 0 Å². The lowest BCUT2D eigenvalue weighted by Crippen LogP contribution is -2.39. The van der Waals surface area contributed by atoms with E-state index in [1.54, 1.807) is 0 Å². The fraction of sp³-hybridized carbons (Fsp3) is 0.800. The van der Waals surface area contributed by atoms with Crippen LogP contribution in [0, 0.1) is 23.2 Å². The zero-order valence-electron chi connectivity index (χ0n) is 8.71. The lowest BCUT2D eigenvalue weighted by molar-refractivity contribution is -0.125. The summed E-state index contributed by atoms with van der Waals surface area (Å²) in [5.74, 6) is 0.533. The molecule has 3 atom stereocenters. The molecule has 0 spiro atoms. The first-order valence-corrected chi connectivity index (χ1v) is 5.03. The number of amides is 1. The summed E-state index contributed by atoms with van der Waals surface area (Å²) in [4.78, 5) is 11.7. The molecule has 0 radical (unpaired) electrons. The maximum atomic E-state index is 11.7. The topological polar surface area (TPSA) is 64.9 Å². The predicted octanol–water partition coefficient (Wildman–Crippen LogP) is 0.260. The Balaban J connectivity index is 2.38. The average Bonchev–Trinajstić information content (AvgIpc) is 2.51. The summed E-state index contributed by atoms with van der Waals surface area (Å²) in [7, 11) is 0. The number of rotatable bonds is 3. The maximum Gasteiger partial charge on any atom is 0.224 e.